The minimum atomic E-state index is -0.212. The van der Waals surface area contributed by atoms with Crippen LogP contribution < -0.4 is 0 Å². The summed E-state index contributed by atoms with van der Waals surface area (Å²) in [5.41, 5.74) is 3.12. The zero-order valence-corrected chi connectivity index (χ0v) is 9.31. The van der Waals surface area contributed by atoms with E-state index in [-0.39, 0.29) is 5.82 Å². The Hall–Kier alpha value is -2.10. The number of halogens is 1. The van der Waals surface area contributed by atoms with Gasteiger partial charge >= 0.3 is 0 Å². The Kier molecular flexibility index (Phi) is 2.21. The van der Waals surface area contributed by atoms with Gasteiger partial charge in [-0.3, -0.25) is 4.99 Å². The number of aromatic nitrogens is 2. The van der Waals surface area contributed by atoms with Crippen LogP contribution in [0.3, 0.4) is 0 Å². The van der Waals surface area contributed by atoms with Gasteiger partial charge in [-0.25, -0.2) is 14.4 Å². The van der Waals surface area contributed by atoms with Gasteiger partial charge in [-0.05, 0) is 24.6 Å². The van der Waals surface area contributed by atoms with Crippen LogP contribution >= 0.6 is 0 Å². The molecule has 0 amide bonds. The molecule has 0 unspecified atom stereocenters. The Bertz CT molecular complexity index is 603. The maximum absolute atomic E-state index is 13.8. The predicted molar refractivity (Wildman–Crippen MR) is 63.5 cm³/mol. The van der Waals surface area contributed by atoms with Crippen LogP contribution in [0, 0.1) is 12.7 Å². The number of nitrogens with zero attached hydrogens (tertiary/aromatic N) is 3. The highest BCUT2D eigenvalue weighted by atomic mass is 19.1. The summed E-state index contributed by atoms with van der Waals surface area (Å²) >= 11 is 0. The predicted octanol–water partition coefficient (Wildman–Crippen LogP) is 2.52. The van der Waals surface area contributed by atoms with Crippen molar-refractivity contribution in [2.24, 2.45) is 4.99 Å². The minimum Gasteiger partial charge on any atom is -0.288 e. The molecule has 3 rings (SSSR count). The van der Waals surface area contributed by atoms with Crippen molar-refractivity contribution >= 4 is 6.21 Å². The zero-order chi connectivity index (χ0) is 11.8. The van der Waals surface area contributed by atoms with Crippen LogP contribution in [0.1, 0.15) is 17.0 Å². The molecule has 2 aromatic rings. The molecular weight excluding hydrogens is 217 g/mol. The van der Waals surface area contributed by atoms with Crippen molar-refractivity contribution in [3.05, 3.63) is 47.3 Å². The van der Waals surface area contributed by atoms with Gasteiger partial charge in [-0.15, -0.1) is 0 Å². The quantitative estimate of drug-likeness (QED) is 0.750. The summed E-state index contributed by atoms with van der Waals surface area (Å²) in [5.74, 6) is 0.493. The van der Waals surface area contributed by atoms with Crippen molar-refractivity contribution in [3.8, 4) is 11.1 Å². The van der Waals surface area contributed by atoms with Gasteiger partial charge < -0.3 is 0 Å². The molecule has 0 fully saturated rings. The van der Waals surface area contributed by atoms with Crippen molar-refractivity contribution in [2.75, 3.05) is 0 Å². The molecule has 3 nitrogen and oxygen atoms in total. The summed E-state index contributed by atoms with van der Waals surface area (Å²) in [6, 6.07) is 3.43. The van der Waals surface area contributed by atoms with E-state index in [4.69, 9.17) is 0 Å². The van der Waals surface area contributed by atoms with Crippen molar-refractivity contribution in [1.82, 2.24) is 9.97 Å². The molecule has 1 aliphatic heterocycles. The second-order valence-electron chi connectivity index (χ2n) is 4.01. The SMILES string of the molecule is Cc1ncc(-c2cc(F)c3c(c2)C=NC3)cn1. The highest BCUT2D eigenvalue weighted by Gasteiger charge is 2.14. The molecule has 0 radical (unpaired) electrons. The molecule has 84 valence electrons. The third-order valence-corrected chi connectivity index (χ3v) is 2.82. The molecule has 1 aromatic carbocycles. The van der Waals surface area contributed by atoms with Crippen LogP contribution in [0.15, 0.2) is 29.5 Å². The van der Waals surface area contributed by atoms with Gasteiger partial charge in [-0.2, -0.15) is 0 Å². The number of rotatable bonds is 1. The number of hydrogen-bond acceptors (Lipinski definition) is 3. The van der Waals surface area contributed by atoms with Gasteiger partial charge in [0.1, 0.15) is 11.6 Å². The van der Waals surface area contributed by atoms with Gasteiger partial charge in [-0.1, -0.05) is 0 Å². The lowest BCUT2D eigenvalue weighted by atomic mass is 10.0. The van der Waals surface area contributed by atoms with Crippen LogP contribution in [0.4, 0.5) is 4.39 Å². The molecule has 2 heterocycles. The number of aliphatic imine (C=N–C) groups is 1. The summed E-state index contributed by atoms with van der Waals surface area (Å²) < 4.78 is 13.8. The van der Waals surface area contributed by atoms with E-state index in [0.29, 0.717) is 17.9 Å². The third kappa shape index (κ3) is 1.71. The first-order chi connectivity index (χ1) is 8.24. The first kappa shape index (κ1) is 10.1. The lowest BCUT2D eigenvalue weighted by Crippen LogP contribution is -1.93. The van der Waals surface area contributed by atoms with E-state index >= 15 is 0 Å². The number of benzene rings is 1. The monoisotopic (exact) mass is 227 g/mol. The van der Waals surface area contributed by atoms with Crippen LogP contribution in [0.25, 0.3) is 11.1 Å². The normalized spacial score (nSPS) is 12.8. The summed E-state index contributed by atoms with van der Waals surface area (Å²) in [7, 11) is 0. The molecule has 0 saturated carbocycles. The number of fused-ring (bicyclic) bond motifs is 1. The Morgan fingerprint density at radius 2 is 1.88 bits per heavy atom. The lowest BCUT2D eigenvalue weighted by Gasteiger charge is -2.05. The first-order valence-corrected chi connectivity index (χ1v) is 5.35. The Morgan fingerprint density at radius 3 is 2.65 bits per heavy atom. The fourth-order valence-electron chi connectivity index (χ4n) is 1.88. The Balaban J connectivity index is 2.12. The molecule has 0 aliphatic carbocycles. The van der Waals surface area contributed by atoms with E-state index in [1.54, 1.807) is 18.6 Å². The third-order valence-electron chi connectivity index (χ3n) is 2.82. The molecule has 0 N–H and O–H groups in total. The van der Waals surface area contributed by atoms with Gasteiger partial charge in [0.05, 0.1) is 6.54 Å². The molecule has 0 bridgehead atoms. The van der Waals surface area contributed by atoms with Gasteiger partial charge in [0.2, 0.25) is 0 Å². The highest BCUT2D eigenvalue weighted by Crippen LogP contribution is 2.26. The minimum absolute atomic E-state index is 0.212. The molecule has 0 atom stereocenters. The maximum atomic E-state index is 13.8. The van der Waals surface area contributed by atoms with E-state index in [1.807, 2.05) is 13.0 Å². The Morgan fingerprint density at radius 1 is 1.12 bits per heavy atom. The van der Waals surface area contributed by atoms with Gasteiger partial charge in [0.25, 0.3) is 0 Å². The van der Waals surface area contributed by atoms with E-state index in [9.17, 15) is 4.39 Å². The molecule has 4 heteroatoms. The molecule has 1 aliphatic rings. The molecule has 0 saturated heterocycles. The molecular formula is C13H10FN3. The second kappa shape index (κ2) is 3.73. The number of hydrogen-bond donors (Lipinski definition) is 0. The van der Waals surface area contributed by atoms with Gasteiger partial charge in [0.15, 0.2) is 0 Å². The van der Waals surface area contributed by atoms with Crippen LogP contribution in [-0.4, -0.2) is 16.2 Å². The second-order valence-corrected chi connectivity index (χ2v) is 4.01. The standard InChI is InChI=1S/C13H10FN3/c1-8-16-5-11(6-17-8)9-2-10-4-15-7-12(10)13(14)3-9/h2-6H,7H2,1H3. The zero-order valence-electron chi connectivity index (χ0n) is 9.31. The fraction of sp³-hybridized carbons (Fsp3) is 0.154. The first-order valence-electron chi connectivity index (χ1n) is 5.35. The van der Waals surface area contributed by atoms with Crippen LogP contribution in [-0.2, 0) is 6.54 Å². The molecule has 17 heavy (non-hydrogen) atoms. The Labute approximate surface area is 98.1 Å². The van der Waals surface area contributed by atoms with Crippen molar-refractivity contribution < 1.29 is 4.39 Å². The topological polar surface area (TPSA) is 38.1 Å². The average Bonchev–Trinajstić information content (AvgIpc) is 2.78. The maximum Gasteiger partial charge on any atom is 0.129 e. The molecule has 1 aromatic heterocycles. The summed E-state index contributed by atoms with van der Waals surface area (Å²) in [6.45, 7) is 2.26. The summed E-state index contributed by atoms with van der Waals surface area (Å²) in [4.78, 5) is 12.3. The highest BCUT2D eigenvalue weighted by molar-refractivity contribution is 5.87. The lowest BCUT2D eigenvalue weighted by molar-refractivity contribution is 0.613. The number of aryl methyl sites for hydroxylation is 1. The van der Waals surface area contributed by atoms with Crippen molar-refractivity contribution in [2.45, 2.75) is 13.5 Å². The van der Waals surface area contributed by atoms with Crippen molar-refractivity contribution in [1.29, 1.82) is 0 Å². The fourth-order valence-corrected chi connectivity index (χ4v) is 1.88. The average molecular weight is 227 g/mol. The van der Waals surface area contributed by atoms with Crippen LogP contribution in [0.5, 0.6) is 0 Å². The van der Waals surface area contributed by atoms with E-state index in [0.717, 1.165) is 16.7 Å². The molecule has 0 spiro atoms. The summed E-state index contributed by atoms with van der Waals surface area (Å²) in [6.07, 6.45) is 5.11. The van der Waals surface area contributed by atoms with Gasteiger partial charge in [0, 0.05) is 35.3 Å². The van der Waals surface area contributed by atoms with Crippen molar-refractivity contribution in [3.63, 3.8) is 0 Å². The largest absolute Gasteiger partial charge is 0.288 e. The van der Waals surface area contributed by atoms with Crippen LogP contribution in [0.2, 0.25) is 0 Å². The smallest absolute Gasteiger partial charge is 0.129 e. The van der Waals surface area contributed by atoms with E-state index in [1.165, 1.54) is 6.07 Å². The summed E-state index contributed by atoms with van der Waals surface area (Å²) in [5, 5.41) is 0. The van der Waals surface area contributed by atoms with E-state index < -0.39 is 0 Å². The van der Waals surface area contributed by atoms with E-state index in [2.05, 4.69) is 15.0 Å².